The Morgan fingerprint density at radius 3 is 2.42 bits per heavy atom. The highest BCUT2D eigenvalue weighted by atomic mass is 16.7. The van der Waals surface area contributed by atoms with Crippen molar-refractivity contribution in [3.8, 4) is 11.5 Å². The fourth-order valence-corrected chi connectivity index (χ4v) is 1.92. The fraction of sp³-hybridized carbons (Fsp3) is 0.429. The van der Waals surface area contributed by atoms with Gasteiger partial charge in [0.1, 0.15) is 0 Å². The SMILES string of the molecule is Cc1cc2c(cc1C(=O)CC(C)(C)C(=O)O)OCO2. The van der Waals surface area contributed by atoms with Crippen LogP contribution in [0.15, 0.2) is 12.1 Å². The van der Waals surface area contributed by atoms with E-state index in [9.17, 15) is 9.59 Å². The van der Waals surface area contributed by atoms with E-state index >= 15 is 0 Å². The van der Waals surface area contributed by atoms with E-state index in [1.807, 2.05) is 0 Å². The van der Waals surface area contributed by atoms with E-state index < -0.39 is 11.4 Å². The molecule has 5 nitrogen and oxygen atoms in total. The Hall–Kier alpha value is -2.04. The second-order valence-corrected chi connectivity index (χ2v) is 5.31. The van der Waals surface area contributed by atoms with Crippen LogP contribution in [0, 0.1) is 12.3 Å². The first kappa shape index (κ1) is 13.4. The molecule has 1 aromatic rings. The summed E-state index contributed by atoms with van der Waals surface area (Å²) in [5.41, 5.74) is 0.161. The topological polar surface area (TPSA) is 72.8 Å². The van der Waals surface area contributed by atoms with Gasteiger partial charge in [-0.1, -0.05) is 0 Å². The Morgan fingerprint density at radius 2 is 1.84 bits per heavy atom. The molecular formula is C14H16O5. The molecule has 0 bridgehead atoms. The number of Topliss-reactive ketones (excluding diaryl/α,β-unsaturated/α-hetero) is 1. The molecule has 0 aliphatic carbocycles. The van der Waals surface area contributed by atoms with Gasteiger partial charge in [-0.05, 0) is 38.5 Å². The summed E-state index contributed by atoms with van der Waals surface area (Å²) < 4.78 is 10.5. The van der Waals surface area contributed by atoms with Gasteiger partial charge >= 0.3 is 5.97 Å². The molecule has 0 saturated carbocycles. The second-order valence-electron chi connectivity index (χ2n) is 5.31. The van der Waals surface area contributed by atoms with Crippen molar-refractivity contribution >= 4 is 11.8 Å². The molecule has 102 valence electrons. The average molecular weight is 264 g/mol. The molecule has 19 heavy (non-hydrogen) atoms. The zero-order chi connectivity index (χ0) is 14.2. The lowest BCUT2D eigenvalue weighted by Crippen LogP contribution is -2.27. The van der Waals surface area contributed by atoms with Gasteiger partial charge in [-0.3, -0.25) is 9.59 Å². The Kier molecular flexibility index (Phi) is 3.22. The Labute approximate surface area is 111 Å². The summed E-state index contributed by atoms with van der Waals surface area (Å²) >= 11 is 0. The molecule has 1 aromatic carbocycles. The third-order valence-electron chi connectivity index (χ3n) is 3.20. The van der Waals surface area contributed by atoms with Crippen LogP contribution in [0.4, 0.5) is 0 Å². The lowest BCUT2D eigenvalue weighted by molar-refractivity contribution is -0.146. The number of carbonyl (C=O) groups is 2. The van der Waals surface area contributed by atoms with Crippen LogP contribution >= 0.6 is 0 Å². The van der Waals surface area contributed by atoms with Crippen molar-refractivity contribution in [2.45, 2.75) is 27.2 Å². The first-order valence-electron chi connectivity index (χ1n) is 5.98. The maximum Gasteiger partial charge on any atom is 0.309 e. The van der Waals surface area contributed by atoms with E-state index in [-0.39, 0.29) is 19.0 Å². The molecule has 1 N–H and O–H groups in total. The predicted molar refractivity (Wildman–Crippen MR) is 67.7 cm³/mol. The zero-order valence-electron chi connectivity index (χ0n) is 11.1. The smallest absolute Gasteiger partial charge is 0.309 e. The lowest BCUT2D eigenvalue weighted by atomic mass is 9.85. The molecule has 0 atom stereocenters. The Balaban J connectivity index is 2.27. The number of rotatable bonds is 4. The van der Waals surface area contributed by atoms with Crippen molar-refractivity contribution in [3.63, 3.8) is 0 Å². The summed E-state index contributed by atoms with van der Waals surface area (Å²) in [6.07, 6.45) is -0.0528. The van der Waals surface area contributed by atoms with Crippen LogP contribution in [-0.4, -0.2) is 23.7 Å². The molecule has 5 heteroatoms. The molecule has 0 unspecified atom stereocenters. The number of carbonyl (C=O) groups excluding carboxylic acids is 1. The van der Waals surface area contributed by atoms with E-state index in [0.717, 1.165) is 5.56 Å². The molecule has 0 radical (unpaired) electrons. The number of carboxylic acids is 1. The van der Waals surface area contributed by atoms with Crippen LogP contribution in [0.1, 0.15) is 36.2 Å². The van der Waals surface area contributed by atoms with Gasteiger partial charge in [0.05, 0.1) is 5.41 Å². The molecular weight excluding hydrogens is 248 g/mol. The molecule has 1 aliphatic heterocycles. The summed E-state index contributed by atoms with van der Waals surface area (Å²) in [5.74, 6) is -0.0453. The summed E-state index contributed by atoms with van der Waals surface area (Å²) in [6, 6.07) is 3.36. The first-order chi connectivity index (χ1) is 8.81. The van der Waals surface area contributed by atoms with Gasteiger partial charge in [0, 0.05) is 12.0 Å². The van der Waals surface area contributed by atoms with Crippen molar-refractivity contribution in [2.24, 2.45) is 5.41 Å². The normalized spacial score (nSPS) is 13.4. The maximum atomic E-state index is 12.2. The Morgan fingerprint density at radius 1 is 1.26 bits per heavy atom. The molecule has 2 rings (SSSR count). The molecule has 1 heterocycles. The number of carboxylic acid groups (broad SMARTS) is 1. The van der Waals surface area contributed by atoms with Crippen LogP contribution in [-0.2, 0) is 4.79 Å². The van der Waals surface area contributed by atoms with E-state index in [4.69, 9.17) is 14.6 Å². The number of ether oxygens (including phenoxy) is 2. The van der Waals surface area contributed by atoms with E-state index in [2.05, 4.69) is 0 Å². The summed E-state index contributed by atoms with van der Waals surface area (Å²) in [4.78, 5) is 23.3. The standard InChI is InChI=1S/C14H16O5/c1-8-4-11-12(19-7-18-11)5-9(8)10(15)6-14(2,3)13(16)17/h4-5H,6-7H2,1-3H3,(H,16,17). The molecule has 0 aromatic heterocycles. The maximum absolute atomic E-state index is 12.2. The van der Waals surface area contributed by atoms with Crippen LogP contribution < -0.4 is 9.47 Å². The minimum absolute atomic E-state index is 0.0528. The average Bonchev–Trinajstić information content (AvgIpc) is 2.73. The van der Waals surface area contributed by atoms with Crippen molar-refractivity contribution in [1.82, 2.24) is 0 Å². The number of benzene rings is 1. The monoisotopic (exact) mass is 264 g/mol. The molecule has 1 aliphatic rings. The molecule has 0 amide bonds. The van der Waals surface area contributed by atoms with Gasteiger partial charge in [0.2, 0.25) is 6.79 Å². The fourth-order valence-electron chi connectivity index (χ4n) is 1.92. The van der Waals surface area contributed by atoms with Gasteiger partial charge < -0.3 is 14.6 Å². The minimum Gasteiger partial charge on any atom is -0.481 e. The van der Waals surface area contributed by atoms with E-state index in [1.165, 1.54) is 13.8 Å². The minimum atomic E-state index is -1.08. The molecule has 0 fully saturated rings. The number of fused-ring (bicyclic) bond motifs is 1. The van der Waals surface area contributed by atoms with Gasteiger partial charge in [0.25, 0.3) is 0 Å². The first-order valence-corrected chi connectivity index (χ1v) is 5.98. The van der Waals surface area contributed by atoms with Gasteiger partial charge in [-0.25, -0.2) is 0 Å². The summed E-state index contributed by atoms with van der Waals surface area (Å²) in [7, 11) is 0. The van der Waals surface area contributed by atoms with Crippen molar-refractivity contribution in [1.29, 1.82) is 0 Å². The number of aryl methyl sites for hydroxylation is 1. The van der Waals surface area contributed by atoms with Crippen LogP contribution in [0.25, 0.3) is 0 Å². The lowest BCUT2D eigenvalue weighted by Gasteiger charge is -2.18. The molecule has 0 saturated heterocycles. The van der Waals surface area contributed by atoms with Crippen molar-refractivity contribution < 1.29 is 24.2 Å². The van der Waals surface area contributed by atoms with Crippen molar-refractivity contribution in [2.75, 3.05) is 6.79 Å². The third-order valence-corrected chi connectivity index (χ3v) is 3.20. The van der Waals surface area contributed by atoms with Crippen LogP contribution in [0.3, 0.4) is 0 Å². The summed E-state index contributed by atoms with van der Waals surface area (Å²) in [6.45, 7) is 5.01. The zero-order valence-corrected chi connectivity index (χ0v) is 11.1. The highest BCUT2D eigenvalue weighted by Gasteiger charge is 2.31. The van der Waals surface area contributed by atoms with Gasteiger partial charge in [-0.15, -0.1) is 0 Å². The van der Waals surface area contributed by atoms with Crippen LogP contribution in [0.2, 0.25) is 0 Å². The largest absolute Gasteiger partial charge is 0.481 e. The predicted octanol–water partition coefficient (Wildman–Crippen LogP) is 2.41. The highest BCUT2D eigenvalue weighted by Crippen LogP contribution is 2.35. The summed E-state index contributed by atoms with van der Waals surface area (Å²) in [5, 5.41) is 9.06. The number of ketones is 1. The number of hydrogen-bond donors (Lipinski definition) is 1. The van der Waals surface area contributed by atoms with E-state index in [1.54, 1.807) is 19.1 Å². The number of hydrogen-bond acceptors (Lipinski definition) is 4. The van der Waals surface area contributed by atoms with Gasteiger partial charge in [-0.2, -0.15) is 0 Å². The van der Waals surface area contributed by atoms with Crippen LogP contribution in [0.5, 0.6) is 11.5 Å². The number of aliphatic carboxylic acids is 1. The molecule has 0 spiro atoms. The van der Waals surface area contributed by atoms with E-state index in [0.29, 0.717) is 17.1 Å². The third kappa shape index (κ3) is 2.54. The Bertz CT molecular complexity index is 545. The second kappa shape index (κ2) is 4.57. The highest BCUT2D eigenvalue weighted by molar-refractivity contribution is 6.00. The van der Waals surface area contributed by atoms with Crippen molar-refractivity contribution in [3.05, 3.63) is 23.3 Å². The van der Waals surface area contributed by atoms with Gasteiger partial charge in [0.15, 0.2) is 17.3 Å². The quantitative estimate of drug-likeness (QED) is 0.845.